The Hall–Kier alpha value is -1.91. The molecule has 2 atom stereocenters. The molecule has 1 aromatic carbocycles. The number of rotatable bonds is 3. The molecule has 1 amide bonds. The number of aliphatic hydroxyl groups excluding tert-OH is 1. The van der Waals surface area contributed by atoms with Gasteiger partial charge in [-0.1, -0.05) is 23.7 Å². The van der Waals surface area contributed by atoms with Crippen LogP contribution < -0.4 is 0 Å². The van der Waals surface area contributed by atoms with Crippen molar-refractivity contribution in [2.45, 2.75) is 25.9 Å². The predicted molar refractivity (Wildman–Crippen MR) is 95.0 cm³/mol. The van der Waals surface area contributed by atoms with Gasteiger partial charge in [0, 0.05) is 30.8 Å². The van der Waals surface area contributed by atoms with Crippen LogP contribution in [0.1, 0.15) is 30.1 Å². The second-order valence-electron chi connectivity index (χ2n) is 6.30. The van der Waals surface area contributed by atoms with Crippen molar-refractivity contribution in [3.63, 3.8) is 0 Å². The highest BCUT2D eigenvalue weighted by atomic mass is 35.5. The van der Waals surface area contributed by atoms with Gasteiger partial charge in [-0.15, -0.1) is 0 Å². The number of aromatic nitrogens is 1. The van der Waals surface area contributed by atoms with E-state index in [1.807, 2.05) is 24.3 Å². The Morgan fingerprint density at radius 1 is 1.38 bits per heavy atom. The third kappa shape index (κ3) is 3.60. The maximum atomic E-state index is 12.9. The van der Waals surface area contributed by atoms with E-state index >= 15 is 0 Å². The number of likely N-dealkylation sites (tertiary alicyclic amines) is 1. The van der Waals surface area contributed by atoms with Gasteiger partial charge < -0.3 is 10.0 Å². The fourth-order valence-corrected chi connectivity index (χ4v) is 3.34. The Morgan fingerprint density at radius 2 is 2.21 bits per heavy atom. The van der Waals surface area contributed by atoms with E-state index in [0.29, 0.717) is 23.7 Å². The lowest BCUT2D eigenvalue weighted by Gasteiger charge is -2.34. The third-order valence-corrected chi connectivity index (χ3v) is 4.91. The largest absolute Gasteiger partial charge is 0.393 e. The zero-order chi connectivity index (χ0) is 17.1. The molecule has 1 aliphatic rings. The molecule has 3 rings (SSSR count). The third-order valence-electron chi connectivity index (χ3n) is 4.58. The first-order valence-corrected chi connectivity index (χ1v) is 8.62. The summed E-state index contributed by atoms with van der Waals surface area (Å²) in [6.07, 6.45) is 3.17. The van der Waals surface area contributed by atoms with Crippen molar-refractivity contribution in [1.82, 2.24) is 9.88 Å². The van der Waals surface area contributed by atoms with Gasteiger partial charge in [0.25, 0.3) is 5.91 Å². The van der Waals surface area contributed by atoms with Crippen LogP contribution in [0.25, 0.3) is 11.3 Å². The van der Waals surface area contributed by atoms with E-state index in [2.05, 4.69) is 4.98 Å². The van der Waals surface area contributed by atoms with Crippen molar-refractivity contribution in [1.29, 1.82) is 0 Å². The van der Waals surface area contributed by atoms with Gasteiger partial charge in [0.1, 0.15) is 0 Å². The summed E-state index contributed by atoms with van der Waals surface area (Å²) < 4.78 is 0. The van der Waals surface area contributed by atoms with Gasteiger partial charge in [0.2, 0.25) is 0 Å². The van der Waals surface area contributed by atoms with Crippen LogP contribution in [0, 0.1) is 5.92 Å². The lowest BCUT2D eigenvalue weighted by molar-refractivity contribution is 0.0466. The minimum atomic E-state index is -0.407. The molecule has 0 aliphatic carbocycles. The number of carbonyl (C=O) groups excluding carboxylic acids is 1. The SMILES string of the molecule is CC(O)C1CCCN(C(=O)c2cc(-c3ccccn3)ccc2Cl)C1. The smallest absolute Gasteiger partial charge is 0.255 e. The monoisotopic (exact) mass is 344 g/mol. The van der Waals surface area contributed by atoms with E-state index < -0.39 is 6.10 Å². The van der Waals surface area contributed by atoms with Gasteiger partial charge in [-0.2, -0.15) is 0 Å². The molecule has 1 fully saturated rings. The molecule has 1 saturated heterocycles. The van der Waals surface area contributed by atoms with Crippen molar-refractivity contribution in [3.05, 3.63) is 53.2 Å². The van der Waals surface area contributed by atoms with Gasteiger partial charge in [-0.05, 0) is 44.0 Å². The molecular formula is C19H21ClN2O2. The summed E-state index contributed by atoms with van der Waals surface area (Å²) in [7, 11) is 0. The van der Waals surface area contributed by atoms with Crippen molar-refractivity contribution in [2.24, 2.45) is 5.92 Å². The molecule has 4 nitrogen and oxygen atoms in total. The van der Waals surface area contributed by atoms with Crippen molar-refractivity contribution in [3.8, 4) is 11.3 Å². The van der Waals surface area contributed by atoms with Crippen LogP contribution in [0.4, 0.5) is 0 Å². The van der Waals surface area contributed by atoms with Crippen molar-refractivity contribution < 1.29 is 9.90 Å². The molecule has 1 aromatic heterocycles. The molecular weight excluding hydrogens is 324 g/mol. The lowest BCUT2D eigenvalue weighted by atomic mass is 9.93. The first-order valence-electron chi connectivity index (χ1n) is 8.24. The average Bonchev–Trinajstić information content (AvgIpc) is 2.62. The second-order valence-corrected chi connectivity index (χ2v) is 6.71. The van der Waals surface area contributed by atoms with Crippen LogP contribution in [0.5, 0.6) is 0 Å². The molecule has 2 aromatic rings. The van der Waals surface area contributed by atoms with Crippen LogP contribution >= 0.6 is 11.6 Å². The molecule has 1 aliphatic heterocycles. The number of benzene rings is 1. The van der Waals surface area contributed by atoms with E-state index in [1.165, 1.54) is 0 Å². The summed E-state index contributed by atoms with van der Waals surface area (Å²) in [5, 5.41) is 10.3. The summed E-state index contributed by atoms with van der Waals surface area (Å²) in [4.78, 5) is 19.0. The summed E-state index contributed by atoms with van der Waals surface area (Å²) in [5.41, 5.74) is 2.17. The Bertz CT molecular complexity index is 719. The predicted octanol–water partition coefficient (Wildman–Crippen LogP) is 3.64. The number of nitrogens with zero attached hydrogens (tertiary/aromatic N) is 2. The molecule has 2 unspecified atom stereocenters. The van der Waals surface area contributed by atoms with Crippen LogP contribution in [0.2, 0.25) is 5.02 Å². The number of pyridine rings is 1. The average molecular weight is 345 g/mol. The lowest BCUT2D eigenvalue weighted by Crippen LogP contribution is -2.43. The molecule has 2 heterocycles. The summed E-state index contributed by atoms with van der Waals surface area (Å²) in [5.74, 6) is 0.0450. The Morgan fingerprint density at radius 3 is 2.92 bits per heavy atom. The molecule has 0 spiro atoms. The van der Waals surface area contributed by atoms with Gasteiger partial charge in [0.05, 0.1) is 22.4 Å². The van der Waals surface area contributed by atoms with E-state index in [4.69, 9.17) is 11.6 Å². The normalized spacial score (nSPS) is 19.1. The van der Waals surface area contributed by atoms with Crippen LogP contribution in [0.15, 0.2) is 42.6 Å². The maximum Gasteiger partial charge on any atom is 0.255 e. The molecule has 1 N–H and O–H groups in total. The van der Waals surface area contributed by atoms with E-state index in [1.54, 1.807) is 30.2 Å². The molecule has 0 saturated carbocycles. The number of halogens is 1. The fraction of sp³-hybridized carbons (Fsp3) is 0.368. The van der Waals surface area contributed by atoms with Crippen molar-refractivity contribution in [2.75, 3.05) is 13.1 Å². The standard InChI is InChI=1S/C19H21ClN2O2/c1-13(23)15-5-4-10-22(12-15)19(24)16-11-14(7-8-17(16)20)18-6-2-3-9-21-18/h2-3,6-9,11,13,15,23H,4-5,10,12H2,1H3. The van der Waals surface area contributed by atoms with Crippen LogP contribution in [-0.2, 0) is 0 Å². The minimum absolute atomic E-state index is 0.0804. The van der Waals surface area contributed by atoms with Gasteiger partial charge >= 0.3 is 0 Å². The first-order chi connectivity index (χ1) is 11.6. The quantitative estimate of drug-likeness (QED) is 0.925. The van der Waals surface area contributed by atoms with E-state index in [0.717, 1.165) is 24.1 Å². The highest BCUT2D eigenvalue weighted by molar-refractivity contribution is 6.34. The summed E-state index contributed by atoms with van der Waals surface area (Å²) in [6.45, 7) is 3.06. The summed E-state index contributed by atoms with van der Waals surface area (Å²) in [6, 6.07) is 11.1. The fourth-order valence-electron chi connectivity index (χ4n) is 3.14. The molecule has 24 heavy (non-hydrogen) atoms. The number of carbonyl (C=O) groups is 1. The highest BCUT2D eigenvalue weighted by Crippen LogP contribution is 2.27. The Balaban J connectivity index is 1.87. The van der Waals surface area contributed by atoms with Crippen LogP contribution in [0.3, 0.4) is 0 Å². The first kappa shape index (κ1) is 16.9. The van der Waals surface area contributed by atoms with Crippen molar-refractivity contribution >= 4 is 17.5 Å². The zero-order valence-corrected chi connectivity index (χ0v) is 14.4. The molecule has 126 valence electrons. The second kappa shape index (κ2) is 7.32. The molecule has 0 radical (unpaired) electrons. The Labute approximate surface area is 147 Å². The number of piperidine rings is 1. The number of aliphatic hydroxyl groups is 1. The molecule has 0 bridgehead atoms. The minimum Gasteiger partial charge on any atom is -0.393 e. The summed E-state index contributed by atoms with van der Waals surface area (Å²) >= 11 is 6.28. The maximum absolute atomic E-state index is 12.9. The van der Waals surface area contributed by atoms with Gasteiger partial charge in [-0.3, -0.25) is 9.78 Å². The zero-order valence-electron chi connectivity index (χ0n) is 13.7. The highest BCUT2D eigenvalue weighted by Gasteiger charge is 2.28. The topological polar surface area (TPSA) is 53.4 Å². The number of hydrogen-bond acceptors (Lipinski definition) is 3. The van der Waals surface area contributed by atoms with E-state index in [-0.39, 0.29) is 11.8 Å². The number of amides is 1. The van der Waals surface area contributed by atoms with Gasteiger partial charge in [0.15, 0.2) is 0 Å². The number of hydrogen-bond donors (Lipinski definition) is 1. The van der Waals surface area contributed by atoms with Gasteiger partial charge in [-0.25, -0.2) is 0 Å². The van der Waals surface area contributed by atoms with Crippen LogP contribution in [-0.4, -0.2) is 40.1 Å². The Kier molecular flexibility index (Phi) is 5.17. The van der Waals surface area contributed by atoms with E-state index in [9.17, 15) is 9.90 Å². The molecule has 5 heteroatoms.